The van der Waals surface area contributed by atoms with Crippen molar-refractivity contribution in [1.29, 1.82) is 0 Å². The zero-order valence-electron chi connectivity index (χ0n) is 11.6. The number of oxazole rings is 1. The van der Waals surface area contributed by atoms with Crippen LogP contribution in [0, 0.1) is 13.8 Å². The second-order valence-electron chi connectivity index (χ2n) is 4.37. The maximum Gasteiger partial charge on any atom is 0.292 e. The van der Waals surface area contributed by atoms with E-state index >= 15 is 0 Å². The van der Waals surface area contributed by atoms with E-state index in [1.165, 1.54) is 0 Å². The lowest BCUT2D eigenvalue weighted by Gasteiger charge is -2.12. The molecule has 1 aromatic heterocycles. The smallest absolute Gasteiger partial charge is 0.292 e. The molecule has 0 radical (unpaired) electrons. The van der Waals surface area contributed by atoms with Gasteiger partial charge in [-0.25, -0.2) is 0 Å². The molecular weight excluding hydrogens is 244 g/mol. The minimum atomic E-state index is 0.186. The largest absolute Gasteiger partial charge is 0.496 e. The van der Waals surface area contributed by atoms with Crippen LogP contribution < -0.4 is 15.2 Å². The van der Waals surface area contributed by atoms with Gasteiger partial charge in [0.1, 0.15) is 17.3 Å². The molecule has 0 saturated carbocycles. The van der Waals surface area contributed by atoms with Crippen LogP contribution in [0.15, 0.2) is 16.5 Å². The maximum atomic E-state index is 5.55. The highest BCUT2D eigenvalue weighted by Gasteiger charge is 2.13. The predicted octanol–water partition coefficient (Wildman–Crippen LogP) is 2.48. The molecule has 0 aliphatic rings. The second-order valence-corrected chi connectivity index (χ2v) is 4.37. The molecule has 5 nitrogen and oxygen atoms in total. The Morgan fingerprint density at radius 2 is 1.84 bits per heavy atom. The van der Waals surface area contributed by atoms with Crippen LogP contribution in [-0.2, 0) is 6.42 Å². The summed E-state index contributed by atoms with van der Waals surface area (Å²) in [6, 6.07) is 4.09. The molecule has 0 aliphatic heterocycles. The number of nitrogens with zero attached hydrogens (tertiary/aromatic N) is 1. The van der Waals surface area contributed by atoms with Gasteiger partial charge in [0.2, 0.25) is 0 Å². The third-order valence-electron chi connectivity index (χ3n) is 3.07. The summed E-state index contributed by atoms with van der Waals surface area (Å²) in [7, 11) is 3.30. The van der Waals surface area contributed by atoms with Gasteiger partial charge in [0, 0.05) is 12.0 Å². The molecule has 0 saturated heterocycles. The molecule has 0 amide bonds. The van der Waals surface area contributed by atoms with Crippen LogP contribution >= 0.6 is 0 Å². The molecule has 5 heteroatoms. The molecule has 2 rings (SSSR count). The van der Waals surface area contributed by atoms with E-state index in [0.29, 0.717) is 6.42 Å². The van der Waals surface area contributed by atoms with Crippen molar-refractivity contribution in [1.82, 2.24) is 4.98 Å². The fourth-order valence-electron chi connectivity index (χ4n) is 2.05. The molecule has 19 heavy (non-hydrogen) atoms. The zero-order valence-corrected chi connectivity index (χ0v) is 11.6. The topological polar surface area (TPSA) is 70.5 Å². The number of hydrogen-bond acceptors (Lipinski definition) is 5. The first-order valence-corrected chi connectivity index (χ1v) is 5.98. The molecule has 0 fully saturated rings. The summed E-state index contributed by atoms with van der Waals surface area (Å²) in [5.41, 5.74) is 8.37. The lowest BCUT2D eigenvalue weighted by Crippen LogP contribution is -1.98. The molecule has 102 valence electrons. The normalized spacial score (nSPS) is 10.5. The monoisotopic (exact) mass is 262 g/mol. The summed E-state index contributed by atoms with van der Waals surface area (Å²) in [5.74, 6) is 2.35. The zero-order chi connectivity index (χ0) is 14.0. The van der Waals surface area contributed by atoms with Gasteiger partial charge < -0.3 is 19.6 Å². The van der Waals surface area contributed by atoms with E-state index < -0.39 is 0 Å². The van der Waals surface area contributed by atoms with Crippen LogP contribution in [-0.4, -0.2) is 19.2 Å². The Bertz CT molecular complexity index is 591. The number of nitrogens with two attached hydrogens (primary N) is 1. The van der Waals surface area contributed by atoms with Gasteiger partial charge in [0.25, 0.3) is 6.01 Å². The van der Waals surface area contributed by atoms with Gasteiger partial charge in [-0.3, -0.25) is 0 Å². The fourth-order valence-corrected chi connectivity index (χ4v) is 2.05. The van der Waals surface area contributed by atoms with Crippen molar-refractivity contribution in [3.8, 4) is 11.5 Å². The Kier molecular flexibility index (Phi) is 3.64. The van der Waals surface area contributed by atoms with Crippen LogP contribution in [0.2, 0.25) is 0 Å². The van der Waals surface area contributed by atoms with Gasteiger partial charge in [-0.05, 0) is 31.5 Å². The number of nitrogen functional groups attached to an aromatic ring is 1. The fraction of sp³-hybridized carbons (Fsp3) is 0.357. The van der Waals surface area contributed by atoms with E-state index in [-0.39, 0.29) is 6.01 Å². The van der Waals surface area contributed by atoms with E-state index in [9.17, 15) is 0 Å². The highest BCUT2D eigenvalue weighted by atomic mass is 16.5. The summed E-state index contributed by atoms with van der Waals surface area (Å²) in [5, 5.41) is 0. The SMILES string of the molecule is COc1cc(Cc2nc(N)oc2C)c(OC)cc1C. The van der Waals surface area contributed by atoms with Crippen molar-refractivity contribution < 1.29 is 13.9 Å². The second kappa shape index (κ2) is 5.22. The number of benzene rings is 1. The molecule has 0 aliphatic carbocycles. The van der Waals surface area contributed by atoms with Gasteiger partial charge >= 0.3 is 0 Å². The van der Waals surface area contributed by atoms with E-state index in [1.54, 1.807) is 14.2 Å². The van der Waals surface area contributed by atoms with Gasteiger partial charge in [-0.15, -0.1) is 0 Å². The van der Waals surface area contributed by atoms with Crippen LogP contribution in [0.4, 0.5) is 6.01 Å². The van der Waals surface area contributed by atoms with E-state index in [2.05, 4.69) is 4.98 Å². The third-order valence-corrected chi connectivity index (χ3v) is 3.07. The Morgan fingerprint density at radius 3 is 2.37 bits per heavy atom. The van der Waals surface area contributed by atoms with Crippen molar-refractivity contribution in [2.45, 2.75) is 20.3 Å². The molecule has 2 N–H and O–H groups in total. The van der Waals surface area contributed by atoms with Gasteiger partial charge in [-0.1, -0.05) is 0 Å². The van der Waals surface area contributed by atoms with Crippen LogP contribution in [0.3, 0.4) is 0 Å². The lowest BCUT2D eigenvalue weighted by atomic mass is 10.0. The summed E-state index contributed by atoms with van der Waals surface area (Å²) in [4.78, 5) is 4.17. The van der Waals surface area contributed by atoms with Gasteiger partial charge in [0.05, 0.1) is 19.9 Å². The average molecular weight is 262 g/mol. The minimum Gasteiger partial charge on any atom is -0.496 e. The summed E-state index contributed by atoms with van der Waals surface area (Å²) in [6.45, 7) is 3.82. The number of ether oxygens (including phenoxy) is 2. The molecule has 1 aromatic carbocycles. The first kappa shape index (κ1) is 13.3. The van der Waals surface area contributed by atoms with Crippen LogP contribution in [0.25, 0.3) is 0 Å². The van der Waals surface area contributed by atoms with Crippen LogP contribution in [0.1, 0.15) is 22.6 Å². The Labute approximate surface area is 112 Å². The molecule has 0 atom stereocenters. The molecule has 0 unspecified atom stereocenters. The van der Waals surface area contributed by atoms with Gasteiger partial charge in [0.15, 0.2) is 0 Å². The van der Waals surface area contributed by atoms with Crippen molar-refractivity contribution in [2.75, 3.05) is 20.0 Å². The third kappa shape index (κ3) is 2.65. The lowest BCUT2D eigenvalue weighted by molar-refractivity contribution is 0.397. The van der Waals surface area contributed by atoms with E-state index in [1.807, 2.05) is 26.0 Å². The highest BCUT2D eigenvalue weighted by molar-refractivity contribution is 5.47. The standard InChI is InChI=1S/C14H18N2O3/c1-8-5-13(18-4)10(7-12(8)17-3)6-11-9(2)19-14(15)16-11/h5,7H,6H2,1-4H3,(H2,15,16). The maximum absolute atomic E-state index is 5.55. The molecule has 2 aromatic rings. The summed E-state index contributed by atoms with van der Waals surface area (Å²) < 4.78 is 16.0. The number of hydrogen-bond donors (Lipinski definition) is 1. The number of anilines is 1. The van der Waals surface area contributed by atoms with Crippen molar-refractivity contribution in [2.24, 2.45) is 0 Å². The van der Waals surface area contributed by atoms with Gasteiger partial charge in [-0.2, -0.15) is 4.98 Å². The van der Waals surface area contributed by atoms with E-state index in [0.717, 1.165) is 34.1 Å². The Morgan fingerprint density at radius 1 is 1.16 bits per heavy atom. The summed E-state index contributed by atoms with van der Waals surface area (Å²) >= 11 is 0. The van der Waals surface area contributed by atoms with Crippen LogP contribution in [0.5, 0.6) is 11.5 Å². The first-order chi connectivity index (χ1) is 9.05. The molecule has 0 spiro atoms. The average Bonchev–Trinajstić information content (AvgIpc) is 2.69. The van der Waals surface area contributed by atoms with Crippen molar-refractivity contribution >= 4 is 6.01 Å². The molecule has 0 bridgehead atoms. The Hall–Kier alpha value is -2.17. The molecular formula is C14H18N2O3. The predicted molar refractivity (Wildman–Crippen MR) is 72.7 cm³/mol. The number of aryl methyl sites for hydroxylation is 2. The number of aromatic nitrogens is 1. The number of methoxy groups -OCH3 is 2. The quantitative estimate of drug-likeness (QED) is 0.916. The van der Waals surface area contributed by atoms with Crippen molar-refractivity contribution in [3.63, 3.8) is 0 Å². The van der Waals surface area contributed by atoms with Crippen molar-refractivity contribution in [3.05, 3.63) is 34.7 Å². The summed E-state index contributed by atoms with van der Waals surface area (Å²) in [6.07, 6.45) is 0.590. The first-order valence-electron chi connectivity index (χ1n) is 5.98. The minimum absolute atomic E-state index is 0.186. The number of rotatable bonds is 4. The van der Waals surface area contributed by atoms with E-state index in [4.69, 9.17) is 19.6 Å². The molecule has 1 heterocycles. The highest BCUT2D eigenvalue weighted by Crippen LogP contribution is 2.30. The Balaban J connectivity index is 2.40.